The highest BCUT2D eigenvalue weighted by Crippen LogP contribution is 2.29. The van der Waals surface area contributed by atoms with E-state index in [0.717, 1.165) is 35.6 Å². The van der Waals surface area contributed by atoms with Gasteiger partial charge in [0.25, 0.3) is 5.56 Å². The van der Waals surface area contributed by atoms with Crippen molar-refractivity contribution < 1.29 is 4.79 Å². The number of benzene rings is 2. The number of aryl methyl sites for hydroxylation is 1. The number of aromatic nitrogens is 3. The Kier molecular flexibility index (Phi) is 3.97. The number of rotatable bonds is 3. The van der Waals surface area contributed by atoms with E-state index < -0.39 is 0 Å². The van der Waals surface area contributed by atoms with Crippen LogP contribution in [0.25, 0.3) is 21.8 Å². The number of hydrogen-bond donors (Lipinski definition) is 2. The molecule has 5 rings (SSSR count). The lowest BCUT2D eigenvalue weighted by molar-refractivity contribution is -0.122. The summed E-state index contributed by atoms with van der Waals surface area (Å²) < 4.78 is 1.22. The first kappa shape index (κ1) is 16.7. The van der Waals surface area contributed by atoms with Crippen molar-refractivity contribution in [3.05, 3.63) is 76.2 Å². The van der Waals surface area contributed by atoms with E-state index >= 15 is 0 Å². The minimum atomic E-state index is -0.284. The smallest absolute Gasteiger partial charge is 0.291 e. The predicted molar refractivity (Wildman–Crippen MR) is 108 cm³/mol. The number of carbonyl (C=O) groups is 1. The average Bonchev–Trinajstić information content (AvgIpc) is 3.10. The second-order valence-electron chi connectivity index (χ2n) is 7.28. The van der Waals surface area contributed by atoms with E-state index in [1.54, 1.807) is 6.20 Å². The highest BCUT2D eigenvalue weighted by Gasteiger charge is 2.22. The number of fused-ring (bicyclic) bond motifs is 4. The molecule has 2 heterocycles. The third-order valence-corrected chi connectivity index (χ3v) is 5.52. The zero-order valence-corrected chi connectivity index (χ0v) is 15.3. The molecule has 0 bridgehead atoms. The summed E-state index contributed by atoms with van der Waals surface area (Å²) in [6.07, 6.45) is 4.65. The van der Waals surface area contributed by atoms with Crippen molar-refractivity contribution in [2.45, 2.75) is 31.8 Å². The number of nitrogens with zero attached hydrogens (tertiary/aromatic N) is 2. The van der Waals surface area contributed by atoms with Crippen LogP contribution in [-0.4, -0.2) is 20.7 Å². The van der Waals surface area contributed by atoms with Crippen LogP contribution < -0.4 is 10.9 Å². The largest absolute Gasteiger partial charge is 0.350 e. The van der Waals surface area contributed by atoms with Crippen molar-refractivity contribution in [2.24, 2.45) is 0 Å². The van der Waals surface area contributed by atoms with E-state index in [9.17, 15) is 9.59 Å². The highest BCUT2D eigenvalue weighted by molar-refractivity contribution is 6.06. The molecule has 2 aromatic carbocycles. The summed E-state index contributed by atoms with van der Waals surface area (Å²) in [5.41, 5.74) is 3.54. The molecule has 140 valence electrons. The van der Waals surface area contributed by atoms with Crippen LogP contribution >= 0.6 is 0 Å². The normalized spacial score (nSPS) is 16.2. The number of nitrogens with one attached hydrogen (secondary N) is 2. The van der Waals surface area contributed by atoms with E-state index in [1.807, 2.05) is 36.4 Å². The topological polar surface area (TPSA) is 79.8 Å². The van der Waals surface area contributed by atoms with Gasteiger partial charge >= 0.3 is 0 Å². The molecular formula is C22H20N4O2. The van der Waals surface area contributed by atoms with E-state index in [1.165, 1.54) is 15.8 Å². The van der Waals surface area contributed by atoms with Gasteiger partial charge in [-0.05, 0) is 36.5 Å². The Bertz CT molecular complexity index is 1250. The molecule has 6 heteroatoms. The van der Waals surface area contributed by atoms with Gasteiger partial charge in [-0.25, -0.2) is 4.68 Å². The lowest BCUT2D eigenvalue weighted by atomic mass is 9.88. The third kappa shape index (κ3) is 2.78. The zero-order valence-electron chi connectivity index (χ0n) is 15.3. The third-order valence-electron chi connectivity index (χ3n) is 5.52. The first-order valence-corrected chi connectivity index (χ1v) is 9.54. The van der Waals surface area contributed by atoms with E-state index in [4.69, 9.17) is 0 Å². The maximum atomic E-state index is 12.8. The molecule has 28 heavy (non-hydrogen) atoms. The van der Waals surface area contributed by atoms with Crippen molar-refractivity contribution in [2.75, 3.05) is 0 Å². The van der Waals surface area contributed by atoms with Crippen LogP contribution in [0.5, 0.6) is 0 Å². The summed E-state index contributed by atoms with van der Waals surface area (Å²) in [6, 6.07) is 15.9. The molecular weight excluding hydrogens is 352 g/mol. The first-order chi connectivity index (χ1) is 13.7. The quantitative estimate of drug-likeness (QED) is 0.580. The Morgan fingerprint density at radius 3 is 2.89 bits per heavy atom. The number of para-hydroxylation sites is 1. The van der Waals surface area contributed by atoms with Gasteiger partial charge in [-0.3, -0.25) is 9.59 Å². The second-order valence-corrected chi connectivity index (χ2v) is 7.28. The van der Waals surface area contributed by atoms with Gasteiger partial charge in [0.2, 0.25) is 5.91 Å². The molecule has 6 nitrogen and oxygen atoms in total. The fourth-order valence-corrected chi connectivity index (χ4v) is 4.17. The number of hydrogen-bond acceptors (Lipinski definition) is 3. The van der Waals surface area contributed by atoms with Crippen LogP contribution in [0.2, 0.25) is 0 Å². The van der Waals surface area contributed by atoms with Crippen molar-refractivity contribution in [3.63, 3.8) is 0 Å². The molecule has 1 atom stereocenters. The molecule has 0 spiro atoms. The van der Waals surface area contributed by atoms with Crippen molar-refractivity contribution in [3.8, 4) is 0 Å². The first-order valence-electron chi connectivity index (χ1n) is 9.54. The van der Waals surface area contributed by atoms with Crippen LogP contribution in [0, 0.1) is 0 Å². The van der Waals surface area contributed by atoms with Gasteiger partial charge in [0, 0.05) is 16.3 Å². The van der Waals surface area contributed by atoms with Crippen molar-refractivity contribution in [1.82, 2.24) is 20.1 Å². The molecule has 0 fully saturated rings. The van der Waals surface area contributed by atoms with Gasteiger partial charge < -0.3 is 10.3 Å². The fraction of sp³-hybridized carbons (Fsp3) is 0.227. The maximum Gasteiger partial charge on any atom is 0.291 e. The van der Waals surface area contributed by atoms with Gasteiger partial charge in [-0.15, -0.1) is 0 Å². The standard InChI is InChI=1S/C22H20N4O2/c27-20(24-18-11-5-7-14-6-1-2-8-15(14)18)13-26-22(28)21-17(12-23-26)16-9-3-4-10-19(16)25-21/h1-4,6,8-10,12,18,25H,5,7,11,13H2,(H,24,27)/t18-/m0/s1. The summed E-state index contributed by atoms with van der Waals surface area (Å²) in [7, 11) is 0. The van der Waals surface area contributed by atoms with Gasteiger partial charge in [0.05, 0.1) is 12.2 Å². The van der Waals surface area contributed by atoms with Crippen LogP contribution in [-0.2, 0) is 17.8 Å². The minimum absolute atomic E-state index is 0.00930. The molecule has 0 aliphatic heterocycles. The molecule has 1 amide bonds. The minimum Gasteiger partial charge on any atom is -0.350 e. The fourth-order valence-electron chi connectivity index (χ4n) is 4.17. The summed E-state index contributed by atoms with van der Waals surface area (Å²) in [6.45, 7) is -0.0944. The molecule has 4 aromatic rings. The lowest BCUT2D eigenvalue weighted by Gasteiger charge is -2.26. The van der Waals surface area contributed by atoms with Gasteiger partial charge in [0.15, 0.2) is 0 Å². The second kappa shape index (κ2) is 6.64. The molecule has 1 aliphatic rings. The summed E-state index contributed by atoms with van der Waals surface area (Å²) >= 11 is 0. The highest BCUT2D eigenvalue weighted by atomic mass is 16.2. The van der Waals surface area contributed by atoms with Crippen molar-refractivity contribution >= 4 is 27.7 Å². The Balaban J connectivity index is 1.41. The van der Waals surface area contributed by atoms with Crippen LogP contribution in [0.3, 0.4) is 0 Å². The molecule has 0 unspecified atom stereocenters. The van der Waals surface area contributed by atoms with Crippen LogP contribution in [0.1, 0.15) is 30.0 Å². The number of aromatic amines is 1. The van der Waals surface area contributed by atoms with Gasteiger partial charge in [0.1, 0.15) is 12.1 Å². The van der Waals surface area contributed by atoms with Gasteiger partial charge in [-0.2, -0.15) is 5.10 Å². The number of amides is 1. The summed E-state index contributed by atoms with van der Waals surface area (Å²) in [5.74, 6) is -0.202. The Labute approximate surface area is 161 Å². The Morgan fingerprint density at radius 2 is 1.96 bits per heavy atom. The molecule has 2 aromatic heterocycles. The number of carbonyl (C=O) groups excluding carboxylic acids is 1. The van der Waals surface area contributed by atoms with E-state index in [2.05, 4.69) is 27.5 Å². The predicted octanol–water partition coefficient (Wildman–Crippen LogP) is 3.07. The summed E-state index contributed by atoms with van der Waals surface area (Å²) in [4.78, 5) is 28.6. The van der Waals surface area contributed by atoms with E-state index in [-0.39, 0.29) is 24.1 Å². The van der Waals surface area contributed by atoms with E-state index in [0.29, 0.717) is 5.52 Å². The molecule has 0 saturated heterocycles. The summed E-state index contributed by atoms with van der Waals surface area (Å²) in [5, 5.41) is 9.04. The maximum absolute atomic E-state index is 12.8. The van der Waals surface area contributed by atoms with Crippen molar-refractivity contribution in [1.29, 1.82) is 0 Å². The Hall–Kier alpha value is -3.41. The molecule has 2 N–H and O–H groups in total. The zero-order chi connectivity index (χ0) is 19.1. The monoisotopic (exact) mass is 372 g/mol. The molecule has 0 saturated carbocycles. The molecule has 0 radical (unpaired) electrons. The average molecular weight is 372 g/mol. The number of H-pyrrole nitrogens is 1. The van der Waals surface area contributed by atoms with Crippen LogP contribution in [0.15, 0.2) is 59.5 Å². The SMILES string of the molecule is O=C(Cn1ncc2c([nH]c3ccccc32)c1=O)N[C@H]1CCCc2ccccc21. The Morgan fingerprint density at radius 1 is 1.14 bits per heavy atom. The molecule has 1 aliphatic carbocycles. The lowest BCUT2D eigenvalue weighted by Crippen LogP contribution is -2.36. The van der Waals surface area contributed by atoms with Gasteiger partial charge in [-0.1, -0.05) is 42.5 Å². The van der Waals surface area contributed by atoms with Crippen LogP contribution in [0.4, 0.5) is 0 Å².